The SMILES string of the molecule is C#CCCN(C)C1COCC1C(=O)O. The fourth-order valence-corrected chi connectivity index (χ4v) is 1.62. The number of hydrogen-bond donors (Lipinski definition) is 1. The van der Waals surface area contributed by atoms with Crippen LogP contribution < -0.4 is 0 Å². The van der Waals surface area contributed by atoms with Crippen LogP contribution in [0.25, 0.3) is 0 Å². The van der Waals surface area contributed by atoms with Gasteiger partial charge >= 0.3 is 5.97 Å². The molecule has 1 saturated heterocycles. The Balaban J connectivity index is 2.49. The van der Waals surface area contributed by atoms with E-state index in [1.165, 1.54) is 0 Å². The van der Waals surface area contributed by atoms with Crippen LogP contribution >= 0.6 is 0 Å². The van der Waals surface area contributed by atoms with E-state index in [0.29, 0.717) is 26.2 Å². The molecular formula is C10H15NO3. The molecule has 0 bridgehead atoms. The Morgan fingerprint density at radius 1 is 1.71 bits per heavy atom. The average molecular weight is 197 g/mol. The van der Waals surface area contributed by atoms with E-state index in [0.717, 1.165) is 0 Å². The summed E-state index contributed by atoms with van der Waals surface area (Å²) >= 11 is 0. The Kier molecular flexibility index (Phi) is 3.93. The van der Waals surface area contributed by atoms with E-state index in [1.807, 2.05) is 11.9 Å². The molecule has 2 unspecified atom stereocenters. The minimum absolute atomic E-state index is 0.0409. The largest absolute Gasteiger partial charge is 0.481 e. The number of nitrogens with zero attached hydrogens (tertiary/aromatic N) is 1. The Morgan fingerprint density at radius 2 is 2.43 bits per heavy atom. The predicted octanol–water partition coefficient (Wildman–Crippen LogP) is 0.0411. The molecule has 1 rings (SSSR count). The van der Waals surface area contributed by atoms with Crippen molar-refractivity contribution in [3.8, 4) is 12.3 Å². The summed E-state index contributed by atoms with van der Waals surface area (Å²) in [5.41, 5.74) is 0. The molecule has 4 heteroatoms. The number of likely N-dealkylation sites (N-methyl/N-ethyl adjacent to an activating group) is 1. The molecule has 0 radical (unpaired) electrons. The maximum Gasteiger partial charge on any atom is 0.310 e. The van der Waals surface area contributed by atoms with Gasteiger partial charge in [-0.2, -0.15) is 0 Å². The predicted molar refractivity (Wildman–Crippen MR) is 51.8 cm³/mol. The van der Waals surface area contributed by atoms with Crippen molar-refractivity contribution in [3.05, 3.63) is 0 Å². The molecule has 14 heavy (non-hydrogen) atoms. The monoisotopic (exact) mass is 197 g/mol. The molecule has 4 nitrogen and oxygen atoms in total. The highest BCUT2D eigenvalue weighted by molar-refractivity contribution is 5.71. The third kappa shape index (κ3) is 2.47. The van der Waals surface area contributed by atoms with Gasteiger partial charge in [-0.25, -0.2) is 0 Å². The number of terminal acetylenes is 1. The molecule has 0 aromatic rings. The molecule has 1 aliphatic heterocycles. The zero-order valence-electron chi connectivity index (χ0n) is 8.27. The van der Waals surface area contributed by atoms with Crippen molar-refractivity contribution >= 4 is 5.97 Å². The van der Waals surface area contributed by atoms with Crippen LogP contribution in [0.5, 0.6) is 0 Å². The first-order valence-electron chi connectivity index (χ1n) is 4.61. The molecule has 1 N–H and O–H groups in total. The Labute approximate surface area is 83.8 Å². The lowest BCUT2D eigenvalue weighted by Gasteiger charge is -2.25. The summed E-state index contributed by atoms with van der Waals surface area (Å²) in [4.78, 5) is 12.8. The fraction of sp³-hybridized carbons (Fsp3) is 0.700. The van der Waals surface area contributed by atoms with E-state index >= 15 is 0 Å². The van der Waals surface area contributed by atoms with Crippen molar-refractivity contribution < 1.29 is 14.6 Å². The third-order valence-corrected chi connectivity index (χ3v) is 2.54. The maximum atomic E-state index is 10.8. The summed E-state index contributed by atoms with van der Waals surface area (Å²) in [6, 6.07) is -0.0409. The van der Waals surface area contributed by atoms with E-state index in [-0.39, 0.29) is 6.04 Å². The Hall–Kier alpha value is -1.05. The molecular weight excluding hydrogens is 182 g/mol. The van der Waals surface area contributed by atoms with Crippen LogP contribution in [0, 0.1) is 18.3 Å². The van der Waals surface area contributed by atoms with Gasteiger partial charge in [0, 0.05) is 19.0 Å². The van der Waals surface area contributed by atoms with Crippen LogP contribution in [0.15, 0.2) is 0 Å². The smallest absolute Gasteiger partial charge is 0.310 e. The number of carboxylic acid groups (broad SMARTS) is 1. The molecule has 0 aliphatic carbocycles. The van der Waals surface area contributed by atoms with Crippen molar-refractivity contribution in [2.75, 3.05) is 26.8 Å². The van der Waals surface area contributed by atoms with Crippen molar-refractivity contribution in [1.82, 2.24) is 4.90 Å². The lowest BCUT2D eigenvalue weighted by molar-refractivity contribution is -0.143. The first kappa shape index (κ1) is 11.0. The average Bonchev–Trinajstić information content (AvgIpc) is 2.62. The summed E-state index contributed by atoms with van der Waals surface area (Å²) in [5.74, 6) is 1.33. The number of carboxylic acids is 1. The van der Waals surface area contributed by atoms with Crippen molar-refractivity contribution in [1.29, 1.82) is 0 Å². The second kappa shape index (κ2) is 4.99. The maximum absolute atomic E-state index is 10.8. The van der Waals surface area contributed by atoms with Crippen LogP contribution in [0.1, 0.15) is 6.42 Å². The standard InChI is InChI=1S/C10H15NO3/c1-3-4-5-11(2)9-7-14-6-8(9)10(12)13/h1,8-9H,4-7H2,2H3,(H,12,13). The zero-order valence-corrected chi connectivity index (χ0v) is 8.27. The summed E-state index contributed by atoms with van der Waals surface area (Å²) in [6.07, 6.45) is 5.78. The van der Waals surface area contributed by atoms with E-state index in [4.69, 9.17) is 16.3 Å². The van der Waals surface area contributed by atoms with Gasteiger partial charge < -0.3 is 9.84 Å². The molecule has 1 aliphatic rings. The van der Waals surface area contributed by atoms with Gasteiger partial charge in [0.1, 0.15) is 0 Å². The quantitative estimate of drug-likeness (QED) is 0.646. The lowest BCUT2D eigenvalue weighted by atomic mass is 10.0. The van der Waals surface area contributed by atoms with Gasteiger partial charge in [0.05, 0.1) is 19.1 Å². The van der Waals surface area contributed by atoms with E-state index in [2.05, 4.69) is 5.92 Å². The van der Waals surface area contributed by atoms with Gasteiger partial charge in [-0.1, -0.05) is 0 Å². The van der Waals surface area contributed by atoms with Crippen LogP contribution in [0.4, 0.5) is 0 Å². The molecule has 0 spiro atoms. The lowest BCUT2D eigenvalue weighted by Crippen LogP contribution is -2.41. The van der Waals surface area contributed by atoms with Gasteiger partial charge in [0.15, 0.2) is 0 Å². The van der Waals surface area contributed by atoms with Crippen LogP contribution in [0.2, 0.25) is 0 Å². The van der Waals surface area contributed by atoms with Gasteiger partial charge in [-0.15, -0.1) is 12.3 Å². The first-order chi connectivity index (χ1) is 6.66. The van der Waals surface area contributed by atoms with Gasteiger partial charge in [0.2, 0.25) is 0 Å². The number of hydrogen-bond acceptors (Lipinski definition) is 3. The van der Waals surface area contributed by atoms with E-state index < -0.39 is 11.9 Å². The van der Waals surface area contributed by atoms with Gasteiger partial charge in [-0.05, 0) is 7.05 Å². The van der Waals surface area contributed by atoms with Crippen molar-refractivity contribution in [2.45, 2.75) is 12.5 Å². The minimum Gasteiger partial charge on any atom is -0.481 e. The topological polar surface area (TPSA) is 49.8 Å². The first-order valence-corrected chi connectivity index (χ1v) is 4.61. The van der Waals surface area contributed by atoms with Crippen LogP contribution in [-0.4, -0.2) is 48.8 Å². The molecule has 0 amide bonds. The second-order valence-corrected chi connectivity index (χ2v) is 3.48. The molecule has 0 aromatic carbocycles. The van der Waals surface area contributed by atoms with Crippen molar-refractivity contribution in [3.63, 3.8) is 0 Å². The summed E-state index contributed by atoms with van der Waals surface area (Å²) in [6.45, 7) is 1.51. The van der Waals surface area contributed by atoms with E-state index in [1.54, 1.807) is 0 Å². The van der Waals surface area contributed by atoms with Crippen molar-refractivity contribution in [2.24, 2.45) is 5.92 Å². The minimum atomic E-state index is -0.792. The number of ether oxygens (including phenoxy) is 1. The van der Waals surface area contributed by atoms with Crippen LogP contribution in [-0.2, 0) is 9.53 Å². The summed E-state index contributed by atoms with van der Waals surface area (Å²) in [7, 11) is 1.88. The molecule has 1 fully saturated rings. The molecule has 0 saturated carbocycles. The highest BCUT2D eigenvalue weighted by atomic mass is 16.5. The number of aliphatic carboxylic acids is 1. The molecule has 1 heterocycles. The zero-order chi connectivity index (χ0) is 10.6. The van der Waals surface area contributed by atoms with Gasteiger partial charge in [0.25, 0.3) is 0 Å². The van der Waals surface area contributed by atoms with Gasteiger partial charge in [-0.3, -0.25) is 9.69 Å². The van der Waals surface area contributed by atoms with Crippen LogP contribution in [0.3, 0.4) is 0 Å². The molecule has 0 aromatic heterocycles. The summed E-state index contributed by atoms with van der Waals surface area (Å²) < 4.78 is 5.16. The molecule has 78 valence electrons. The highest BCUT2D eigenvalue weighted by Gasteiger charge is 2.36. The Bertz CT molecular complexity index is 246. The number of carbonyl (C=O) groups is 1. The molecule has 2 atom stereocenters. The fourth-order valence-electron chi connectivity index (χ4n) is 1.62. The second-order valence-electron chi connectivity index (χ2n) is 3.48. The summed E-state index contributed by atoms with van der Waals surface area (Å²) in [5, 5.41) is 8.91. The van der Waals surface area contributed by atoms with E-state index in [9.17, 15) is 4.79 Å². The normalized spacial score (nSPS) is 26.4. The highest BCUT2D eigenvalue weighted by Crippen LogP contribution is 2.18. The number of rotatable bonds is 4. The Morgan fingerprint density at radius 3 is 3.00 bits per heavy atom. The third-order valence-electron chi connectivity index (χ3n) is 2.54.